The summed E-state index contributed by atoms with van der Waals surface area (Å²) >= 11 is 0. The lowest BCUT2D eigenvalue weighted by atomic mass is 10.1. The lowest BCUT2D eigenvalue weighted by molar-refractivity contribution is -0.870. The number of phosphoric ester groups is 1. The van der Waals surface area contributed by atoms with Crippen LogP contribution in [0.5, 0.6) is 0 Å². The average molecular weight is 846 g/mol. The van der Waals surface area contributed by atoms with E-state index in [1.165, 1.54) is 0 Å². The van der Waals surface area contributed by atoms with Gasteiger partial charge in [-0.05, 0) is 96.3 Å². The third-order valence-corrected chi connectivity index (χ3v) is 9.72. The number of carbonyl (C=O) groups is 2. The Hall–Kier alpha value is -3.11. The Morgan fingerprint density at radius 3 is 1.61 bits per heavy atom. The third-order valence-electron chi connectivity index (χ3n) is 8.75. The zero-order valence-electron chi connectivity index (χ0n) is 37.3. The Bertz CT molecular complexity index is 1340. The van der Waals surface area contributed by atoms with Crippen molar-refractivity contribution in [3.05, 3.63) is 97.2 Å². The van der Waals surface area contributed by atoms with Gasteiger partial charge in [-0.25, -0.2) is 0 Å². The van der Waals surface area contributed by atoms with Gasteiger partial charge in [-0.3, -0.25) is 14.2 Å². The Morgan fingerprint density at radius 2 is 1.08 bits per heavy atom. The number of aliphatic hydroxyl groups is 1. The predicted molar refractivity (Wildman–Crippen MR) is 241 cm³/mol. The summed E-state index contributed by atoms with van der Waals surface area (Å²) < 4.78 is 33.8. The molecule has 0 saturated carbocycles. The second-order valence-electron chi connectivity index (χ2n) is 15.5. The molecule has 336 valence electrons. The number of hydrogen-bond donors (Lipinski definition) is 1. The van der Waals surface area contributed by atoms with E-state index in [4.69, 9.17) is 18.5 Å². The first-order valence-corrected chi connectivity index (χ1v) is 23.5. The van der Waals surface area contributed by atoms with Crippen molar-refractivity contribution in [1.82, 2.24) is 0 Å². The highest BCUT2D eigenvalue weighted by atomic mass is 31.2. The molecule has 10 nitrogen and oxygen atoms in total. The number of phosphoric acid groups is 1. The number of allylic oxidation sites excluding steroid dienone is 16. The van der Waals surface area contributed by atoms with E-state index in [1.54, 1.807) is 0 Å². The molecule has 0 saturated heterocycles. The van der Waals surface area contributed by atoms with Crippen LogP contribution in [0.25, 0.3) is 0 Å². The van der Waals surface area contributed by atoms with E-state index in [-0.39, 0.29) is 32.2 Å². The Morgan fingerprint density at radius 1 is 0.610 bits per heavy atom. The zero-order valence-corrected chi connectivity index (χ0v) is 38.2. The van der Waals surface area contributed by atoms with Crippen LogP contribution >= 0.6 is 7.82 Å². The summed E-state index contributed by atoms with van der Waals surface area (Å²) in [7, 11) is 1.07. The van der Waals surface area contributed by atoms with Crippen molar-refractivity contribution in [2.24, 2.45) is 0 Å². The molecule has 0 aliphatic rings. The summed E-state index contributed by atoms with van der Waals surface area (Å²) in [4.78, 5) is 37.5. The maximum Gasteiger partial charge on any atom is 0.306 e. The first kappa shape index (κ1) is 55.9. The summed E-state index contributed by atoms with van der Waals surface area (Å²) in [6.45, 7) is 3.70. The van der Waals surface area contributed by atoms with Crippen molar-refractivity contribution in [2.75, 3.05) is 47.5 Å². The summed E-state index contributed by atoms with van der Waals surface area (Å²) in [5.41, 5.74) is 0. The van der Waals surface area contributed by atoms with E-state index in [2.05, 4.69) is 92.0 Å². The summed E-state index contributed by atoms with van der Waals surface area (Å²) in [6, 6.07) is 0. The number of esters is 2. The van der Waals surface area contributed by atoms with E-state index >= 15 is 0 Å². The molecule has 1 unspecified atom stereocenters. The zero-order chi connectivity index (χ0) is 43.7. The molecule has 11 heteroatoms. The molecule has 0 aliphatic heterocycles. The fraction of sp³-hybridized carbons (Fsp3) is 0.625. The minimum Gasteiger partial charge on any atom is -0.756 e. The van der Waals surface area contributed by atoms with Crippen LogP contribution in [0.3, 0.4) is 0 Å². The Balaban J connectivity index is 4.53. The molecule has 1 N–H and O–H groups in total. The highest BCUT2D eigenvalue weighted by Crippen LogP contribution is 2.38. The molecule has 0 rings (SSSR count). The van der Waals surface area contributed by atoms with Gasteiger partial charge in [-0.1, -0.05) is 124 Å². The first-order valence-electron chi connectivity index (χ1n) is 22.0. The second kappa shape index (κ2) is 39.1. The molecule has 0 bridgehead atoms. The van der Waals surface area contributed by atoms with Gasteiger partial charge in [0, 0.05) is 12.8 Å². The highest BCUT2D eigenvalue weighted by Gasteiger charge is 2.21. The number of rotatable bonds is 38. The molecule has 0 aromatic heterocycles. The molecule has 0 fully saturated rings. The lowest BCUT2D eigenvalue weighted by Gasteiger charge is -2.28. The number of unbranched alkanes of at least 4 members (excludes halogenated alkanes) is 5. The highest BCUT2D eigenvalue weighted by molar-refractivity contribution is 7.45. The molecule has 0 aromatic rings. The molecule has 3 atom stereocenters. The molecule has 0 heterocycles. The maximum absolute atomic E-state index is 12.7. The third kappa shape index (κ3) is 42.8. The quantitative estimate of drug-likeness (QED) is 0.0212. The van der Waals surface area contributed by atoms with Crippen molar-refractivity contribution >= 4 is 19.8 Å². The summed E-state index contributed by atoms with van der Waals surface area (Å²) in [6.07, 6.45) is 48.1. The second-order valence-corrected chi connectivity index (χ2v) is 16.9. The Labute approximate surface area is 358 Å². The number of quaternary nitrogens is 1. The SMILES string of the molecule is CC/C=C\C/C=C\C/C=C\C/C=C\CCCCCCC(=O)OC[C@H](COP(=O)([O-])OCC[N+](C)(C)C)OC(=O)CCC/C=C\C/C=C\C/C=C\C/C=C\CC[C@H](O)CC. The van der Waals surface area contributed by atoms with Crippen molar-refractivity contribution in [1.29, 1.82) is 0 Å². The summed E-state index contributed by atoms with van der Waals surface area (Å²) in [5, 5.41) is 9.57. The average Bonchev–Trinajstić information content (AvgIpc) is 3.19. The molecular formula is C48H80NO9P. The molecule has 0 amide bonds. The number of nitrogens with zero attached hydrogens (tertiary/aromatic N) is 1. The molecular weight excluding hydrogens is 765 g/mol. The van der Waals surface area contributed by atoms with Crippen LogP contribution in [-0.2, 0) is 32.7 Å². The predicted octanol–water partition coefficient (Wildman–Crippen LogP) is 10.9. The van der Waals surface area contributed by atoms with Crippen LogP contribution in [-0.4, -0.2) is 81.2 Å². The normalized spacial score (nSPS) is 15.0. The van der Waals surface area contributed by atoms with Gasteiger partial charge in [0.25, 0.3) is 7.82 Å². The fourth-order valence-electron chi connectivity index (χ4n) is 5.15. The van der Waals surface area contributed by atoms with E-state index in [9.17, 15) is 24.2 Å². The van der Waals surface area contributed by atoms with Crippen molar-refractivity contribution in [3.8, 4) is 0 Å². The standard InChI is InChI=1S/C48H80NO9P/c1-6-8-9-10-11-12-13-14-15-16-17-21-24-27-30-33-36-39-47(51)55-43-46(44-57-59(53,54)56-42-41-49(3,4)5)58-48(52)40-37-34-31-28-25-22-19-18-20-23-26-29-32-35-38-45(50)7-2/h8-9,11-12,14-15,17,19-23,28-29,31-32,45-46,50H,6-7,10,13,16,18,24-27,30,33-44H2,1-5H3/b9-8-,12-11-,15-14-,21-17-,22-19-,23-20-,31-28-,32-29-/t45-,46-/m1/s1. The molecule has 0 aromatic carbocycles. The number of likely N-dealkylation sites (N-methyl/N-ethyl adjacent to an activating group) is 1. The maximum atomic E-state index is 12.7. The van der Waals surface area contributed by atoms with Crippen molar-refractivity contribution in [2.45, 2.75) is 148 Å². The number of ether oxygens (including phenoxy) is 2. The smallest absolute Gasteiger partial charge is 0.306 e. The van der Waals surface area contributed by atoms with E-state index < -0.39 is 32.5 Å². The summed E-state index contributed by atoms with van der Waals surface area (Å²) in [5.74, 6) is -0.958. The van der Waals surface area contributed by atoms with E-state index in [0.717, 1.165) is 89.9 Å². The minimum absolute atomic E-state index is 0.0573. The van der Waals surface area contributed by atoms with E-state index in [1.807, 2.05) is 40.2 Å². The lowest BCUT2D eigenvalue weighted by Crippen LogP contribution is -2.37. The minimum atomic E-state index is -4.66. The van der Waals surface area contributed by atoms with Crippen LogP contribution in [0, 0.1) is 0 Å². The molecule has 0 aliphatic carbocycles. The van der Waals surface area contributed by atoms with Gasteiger partial charge in [0.15, 0.2) is 6.10 Å². The van der Waals surface area contributed by atoms with Gasteiger partial charge in [0.2, 0.25) is 0 Å². The van der Waals surface area contributed by atoms with Gasteiger partial charge < -0.3 is 33.0 Å². The number of carbonyl (C=O) groups excluding carboxylic acids is 2. The molecule has 0 radical (unpaired) electrons. The van der Waals surface area contributed by atoms with Gasteiger partial charge >= 0.3 is 11.9 Å². The monoisotopic (exact) mass is 846 g/mol. The fourth-order valence-corrected chi connectivity index (χ4v) is 5.87. The van der Waals surface area contributed by atoms with Crippen LogP contribution in [0.1, 0.15) is 136 Å². The topological polar surface area (TPSA) is 131 Å². The van der Waals surface area contributed by atoms with Crippen LogP contribution < -0.4 is 4.89 Å². The van der Waals surface area contributed by atoms with Crippen LogP contribution in [0.15, 0.2) is 97.2 Å². The van der Waals surface area contributed by atoms with Gasteiger partial charge in [0.05, 0.1) is 33.9 Å². The molecule has 59 heavy (non-hydrogen) atoms. The Kier molecular flexibility index (Phi) is 37.0. The number of aliphatic hydroxyl groups excluding tert-OH is 1. The van der Waals surface area contributed by atoms with Gasteiger partial charge in [-0.15, -0.1) is 0 Å². The van der Waals surface area contributed by atoms with E-state index in [0.29, 0.717) is 30.3 Å². The van der Waals surface area contributed by atoms with Crippen molar-refractivity contribution < 1.29 is 47.2 Å². The first-order chi connectivity index (χ1) is 28.4. The molecule has 0 spiro atoms. The largest absolute Gasteiger partial charge is 0.756 e. The van der Waals surface area contributed by atoms with Crippen LogP contribution in [0.2, 0.25) is 0 Å². The van der Waals surface area contributed by atoms with Gasteiger partial charge in [0.1, 0.15) is 19.8 Å². The number of hydrogen-bond acceptors (Lipinski definition) is 9. The van der Waals surface area contributed by atoms with Crippen LogP contribution in [0.4, 0.5) is 0 Å². The van der Waals surface area contributed by atoms with Crippen molar-refractivity contribution in [3.63, 3.8) is 0 Å². The van der Waals surface area contributed by atoms with Gasteiger partial charge in [-0.2, -0.15) is 0 Å².